The Hall–Kier alpha value is -0.351. The molecule has 0 heterocycles. The Kier molecular flexibility index (Phi) is 3.75. The first-order chi connectivity index (χ1) is 4.61. The third-order valence-corrected chi connectivity index (χ3v) is 2.00. The molecule has 0 aliphatic carbocycles. The average Bonchev–Trinajstić information content (AvgIpc) is 1.88. The van der Waals surface area contributed by atoms with Gasteiger partial charge in [0.25, 0.3) is 0 Å². The first-order valence-electron chi connectivity index (χ1n) is 2.68. The molecule has 0 aliphatic heterocycles. The van der Waals surface area contributed by atoms with Gasteiger partial charge in [-0.25, -0.2) is 13.6 Å². The summed E-state index contributed by atoms with van der Waals surface area (Å²) in [5, 5.41) is 4.83. The topological polar surface area (TPSA) is 60.2 Å². The van der Waals surface area contributed by atoms with Gasteiger partial charge in [0.15, 0.2) is 0 Å². The van der Waals surface area contributed by atoms with Crippen LogP contribution in [0.15, 0.2) is 35.2 Å². The summed E-state index contributed by atoms with van der Waals surface area (Å²) in [7, 11) is -3.50. The maximum absolute atomic E-state index is 10.6. The molecule has 1 aromatic carbocycles. The van der Waals surface area contributed by atoms with Crippen LogP contribution in [0.2, 0.25) is 0 Å². The third-order valence-electron chi connectivity index (χ3n) is 1.07. The van der Waals surface area contributed by atoms with E-state index < -0.39 is 10.0 Å². The number of rotatable bonds is 1. The first-order valence-corrected chi connectivity index (χ1v) is 4.23. The number of sulfonamides is 1. The summed E-state index contributed by atoms with van der Waals surface area (Å²) in [6.45, 7) is 0. The monoisotopic (exact) mass is 220 g/mol. The molecule has 63 valence electrons. The van der Waals surface area contributed by atoms with Crippen LogP contribution in [0.25, 0.3) is 0 Å². The summed E-state index contributed by atoms with van der Waals surface area (Å²) in [5.41, 5.74) is 0. The summed E-state index contributed by atoms with van der Waals surface area (Å²) in [6.07, 6.45) is 0. The molecule has 0 spiro atoms. The van der Waals surface area contributed by atoms with E-state index in [9.17, 15) is 8.42 Å². The summed E-state index contributed by atoms with van der Waals surface area (Å²) in [6, 6.07) is 7.89. The van der Waals surface area contributed by atoms with Gasteiger partial charge in [0.05, 0.1) is 4.90 Å². The normalized spacial score (nSPS) is 10.3. The molecule has 0 aliphatic rings. The van der Waals surface area contributed by atoms with Crippen molar-refractivity contribution in [1.82, 2.24) is 0 Å². The average molecular weight is 221 g/mol. The standard InChI is InChI=1S/C6H7NO2S.Cu/c7-10(8,9)6-4-2-1-3-5-6;/h1-5H,(H2,7,8,9);/q;+2. The van der Waals surface area contributed by atoms with Crippen LogP contribution in [-0.4, -0.2) is 8.42 Å². The van der Waals surface area contributed by atoms with Crippen molar-refractivity contribution in [3.8, 4) is 0 Å². The molecule has 3 nitrogen and oxygen atoms in total. The van der Waals surface area contributed by atoms with E-state index in [2.05, 4.69) is 0 Å². The summed E-state index contributed by atoms with van der Waals surface area (Å²) in [4.78, 5) is 0.148. The zero-order valence-electron chi connectivity index (χ0n) is 5.49. The molecule has 5 heteroatoms. The van der Waals surface area contributed by atoms with Crippen LogP contribution >= 0.6 is 0 Å². The Morgan fingerprint density at radius 3 is 1.82 bits per heavy atom. The van der Waals surface area contributed by atoms with Crippen LogP contribution in [0.3, 0.4) is 0 Å². The molecule has 0 aromatic heterocycles. The molecule has 0 atom stereocenters. The van der Waals surface area contributed by atoms with E-state index in [1.807, 2.05) is 0 Å². The van der Waals surface area contributed by atoms with Gasteiger partial charge >= 0.3 is 17.1 Å². The van der Waals surface area contributed by atoms with Crippen LogP contribution in [0.5, 0.6) is 0 Å². The molecular weight excluding hydrogens is 214 g/mol. The molecule has 1 rings (SSSR count). The summed E-state index contributed by atoms with van der Waals surface area (Å²) in [5.74, 6) is 0. The van der Waals surface area contributed by atoms with E-state index in [-0.39, 0.29) is 22.0 Å². The van der Waals surface area contributed by atoms with Gasteiger partial charge in [-0.1, -0.05) is 18.2 Å². The van der Waals surface area contributed by atoms with E-state index in [1.54, 1.807) is 18.2 Å². The van der Waals surface area contributed by atoms with Gasteiger partial charge in [-0.2, -0.15) is 0 Å². The number of hydrogen-bond acceptors (Lipinski definition) is 2. The molecule has 1 radical (unpaired) electrons. The van der Waals surface area contributed by atoms with E-state index >= 15 is 0 Å². The van der Waals surface area contributed by atoms with Crippen molar-refractivity contribution in [3.63, 3.8) is 0 Å². The number of hydrogen-bond donors (Lipinski definition) is 1. The Morgan fingerprint density at radius 1 is 1.09 bits per heavy atom. The molecule has 0 fully saturated rings. The van der Waals surface area contributed by atoms with Gasteiger partial charge in [0.2, 0.25) is 10.0 Å². The molecule has 0 unspecified atom stereocenters. The van der Waals surface area contributed by atoms with Crippen LogP contribution in [0.1, 0.15) is 0 Å². The number of nitrogens with two attached hydrogens (primary N) is 1. The van der Waals surface area contributed by atoms with Crippen molar-refractivity contribution in [1.29, 1.82) is 0 Å². The second-order valence-corrected chi connectivity index (χ2v) is 3.42. The molecule has 11 heavy (non-hydrogen) atoms. The van der Waals surface area contributed by atoms with E-state index in [0.717, 1.165) is 0 Å². The predicted molar refractivity (Wildman–Crippen MR) is 37.8 cm³/mol. The number of benzene rings is 1. The zero-order chi connectivity index (χ0) is 7.61. The second kappa shape index (κ2) is 3.87. The Bertz CT molecular complexity index is 309. The quantitative estimate of drug-likeness (QED) is 0.694. The van der Waals surface area contributed by atoms with Crippen LogP contribution in [0, 0.1) is 0 Å². The van der Waals surface area contributed by atoms with E-state index in [1.165, 1.54) is 12.1 Å². The van der Waals surface area contributed by atoms with Crippen molar-refractivity contribution in [3.05, 3.63) is 30.3 Å². The van der Waals surface area contributed by atoms with Gasteiger partial charge in [0.1, 0.15) is 0 Å². The maximum Gasteiger partial charge on any atom is 2.00 e. The Balaban J connectivity index is 0.000001000. The Labute approximate surface area is 76.1 Å². The predicted octanol–water partition coefficient (Wildman–Crippen LogP) is 0.332. The summed E-state index contributed by atoms with van der Waals surface area (Å²) >= 11 is 0. The minimum absolute atomic E-state index is 0. The molecular formula is C6H7CuNO2S+2. The van der Waals surface area contributed by atoms with Gasteiger partial charge in [-0.3, -0.25) is 0 Å². The Morgan fingerprint density at radius 2 is 1.55 bits per heavy atom. The van der Waals surface area contributed by atoms with Crippen molar-refractivity contribution in [2.24, 2.45) is 5.14 Å². The van der Waals surface area contributed by atoms with Crippen molar-refractivity contribution < 1.29 is 25.5 Å². The summed E-state index contributed by atoms with van der Waals surface area (Å²) < 4.78 is 21.2. The molecule has 1 aromatic rings. The maximum atomic E-state index is 10.6. The molecule has 0 saturated carbocycles. The van der Waals surface area contributed by atoms with Crippen LogP contribution in [0.4, 0.5) is 0 Å². The minimum Gasteiger partial charge on any atom is -0.225 e. The first kappa shape index (κ1) is 10.6. The molecule has 2 N–H and O–H groups in total. The van der Waals surface area contributed by atoms with Crippen molar-refractivity contribution in [2.75, 3.05) is 0 Å². The molecule has 0 amide bonds. The van der Waals surface area contributed by atoms with Crippen LogP contribution < -0.4 is 5.14 Å². The third kappa shape index (κ3) is 3.03. The second-order valence-electron chi connectivity index (χ2n) is 1.86. The van der Waals surface area contributed by atoms with Gasteiger partial charge in [-0.05, 0) is 12.1 Å². The fraction of sp³-hybridized carbons (Fsp3) is 0. The molecule has 0 saturated heterocycles. The van der Waals surface area contributed by atoms with Gasteiger partial charge < -0.3 is 0 Å². The van der Waals surface area contributed by atoms with Gasteiger partial charge in [-0.15, -0.1) is 0 Å². The van der Waals surface area contributed by atoms with E-state index in [0.29, 0.717) is 0 Å². The largest absolute Gasteiger partial charge is 2.00 e. The fourth-order valence-electron chi connectivity index (χ4n) is 0.610. The SMILES string of the molecule is NS(=O)(=O)c1ccccc1.[Cu+2]. The van der Waals surface area contributed by atoms with Crippen molar-refractivity contribution in [2.45, 2.75) is 4.90 Å². The van der Waals surface area contributed by atoms with Crippen LogP contribution in [-0.2, 0) is 27.1 Å². The van der Waals surface area contributed by atoms with E-state index in [4.69, 9.17) is 5.14 Å². The fourth-order valence-corrected chi connectivity index (χ4v) is 1.15. The molecule has 0 bridgehead atoms. The zero-order valence-corrected chi connectivity index (χ0v) is 7.25. The minimum atomic E-state index is -3.50. The smallest absolute Gasteiger partial charge is 0.225 e. The van der Waals surface area contributed by atoms with Gasteiger partial charge in [0, 0.05) is 0 Å². The number of primary sulfonamides is 1. The van der Waals surface area contributed by atoms with Crippen molar-refractivity contribution >= 4 is 10.0 Å².